The Labute approximate surface area is 109 Å². The molecule has 0 fully saturated rings. The molecule has 0 aromatic heterocycles. The number of primary sulfonamides is 1. The first-order chi connectivity index (χ1) is 8.40. The van der Waals surface area contributed by atoms with Crippen LogP contribution in [0.15, 0.2) is 23.1 Å². The lowest BCUT2D eigenvalue weighted by Gasteiger charge is -2.19. The Kier molecular flexibility index (Phi) is 4.98. The molecule has 1 rings (SSSR count). The minimum absolute atomic E-state index is 0.0288. The van der Waals surface area contributed by atoms with Gasteiger partial charge in [-0.2, -0.15) is 0 Å². The summed E-state index contributed by atoms with van der Waals surface area (Å²) in [6.45, 7) is 4.18. The Morgan fingerprint density at radius 2 is 2.00 bits per heavy atom. The van der Waals surface area contributed by atoms with E-state index in [1.807, 2.05) is 0 Å². The first-order valence-electron chi connectivity index (χ1n) is 6.08. The fourth-order valence-corrected chi connectivity index (χ4v) is 2.55. The lowest BCUT2D eigenvalue weighted by Crippen LogP contribution is -2.20. The fraction of sp³-hybridized carbons (Fsp3) is 0.500. The molecular formula is C12H21N3O2S. The van der Waals surface area contributed by atoms with E-state index in [0.717, 1.165) is 19.3 Å². The normalized spacial score (nSPS) is 13.3. The molecule has 0 bridgehead atoms. The summed E-state index contributed by atoms with van der Waals surface area (Å²) in [6, 6.07) is 5.10. The minimum atomic E-state index is -3.78. The highest BCUT2D eigenvalue weighted by molar-refractivity contribution is 7.89. The number of hydrogen-bond donors (Lipinski definition) is 3. The summed E-state index contributed by atoms with van der Waals surface area (Å²) in [7, 11) is -3.78. The van der Waals surface area contributed by atoms with Crippen LogP contribution in [0.3, 0.4) is 0 Å². The molecule has 0 aliphatic heterocycles. The van der Waals surface area contributed by atoms with Gasteiger partial charge in [0.2, 0.25) is 10.0 Å². The molecule has 1 aromatic carbocycles. The van der Waals surface area contributed by atoms with Crippen LogP contribution in [0.4, 0.5) is 11.4 Å². The molecule has 5 nitrogen and oxygen atoms in total. The summed E-state index contributed by atoms with van der Waals surface area (Å²) in [5.41, 5.74) is 6.66. The Hall–Kier alpha value is -1.27. The number of benzene rings is 1. The third kappa shape index (κ3) is 3.61. The number of para-hydroxylation sites is 1. The van der Waals surface area contributed by atoms with Crippen molar-refractivity contribution in [2.75, 3.05) is 11.1 Å². The summed E-state index contributed by atoms with van der Waals surface area (Å²) in [4.78, 5) is -0.0288. The van der Waals surface area contributed by atoms with Gasteiger partial charge in [0.15, 0.2) is 0 Å². The first-order valence-corrected chi connectivity index (χ1v) is 7.62. The van der Waals surface area contributed by atoms with Crippen molar-refractivity contribution >= 4 is 21.4 Å². The van der Waals surface area contributed by atoms with E-state index in [-0.39, 0.29) is 16.6 Å². The van der Waals surface area contributed by atoms with Crippen LogP contribution in [0.5, 0.6) is 0 Å². The average Bonchev–Trinajstić information content (AvgIpc) is 2.29. The molecule has 1 unspecified atom stereocenters. The van der Waals surface area contributed by atoms with E-state index in [9.17, 15) is 8.42 Å². The van der Waals surface area contributed by atoms with E-state index < -0.39 is 10.0 Å². The van der Waals surface area contributed by atoms with Crippen molar-refractivity contribution in [1.82, 2.24) is 0 Å². The summed E-state index contributed by atoms with van der Waals surface area (Å²) in [5, 5.41) is 8.38. The van der Waals surface area contributed by atoms with Gasteiger partial charge in [0.25, 0.3) is 0 Å². The maximum Gasteiger partial charge on any atom is 0.240 e. The van der Waals surface area contributed by atoms with Crippen molar-refractivity contribution in [3.63, 3.8) is 0 Å². The quantitative estimate of drug-likeness (QED) is 0.688. The average molecular weight is 271 g/mol. The second-order valence-electron chi connectivity index (χ2n) is 4.30. The Bertz CT molecular complexity index is 500. The summed E-state index contributed by atoms with van der Waals surface area (Å²) >= 11 is 0. The highest BCUT2D eigenvalue weighted by atomic mass is 32.2. The van der Waals surface area contributed by atoms with Gasteiger partial charge in [0.05, 0.1) is 11.4 Å². The van der Waals surface area contributed by atoms with Gasteiger partial charge in [-0.05, 0) is 25.0 Å². The van der Waals surface area contributed by atoms with E-state index >= 15 is 0 Å². The minimum Gasteiger partial charge on any atom is -0.396 e. The SMILES string of the molecule is CCCC(CC)Nc1cccc(S(N)(=O)=O)c1N. The van der Waals surface area contributed by atoms with Crippen LogP contribution in [-0.2, 0) is 10.0 Å². The molecule has 0 amide bonds. The second-order valence-corrected chi connectivity index (χ2v) is 5.83. The molecule has 0 saturated heterocycles. The van der Waals surface area contributed by atoms with Crippen LogP contribution in [0.1, 0.15) is 33.1 Å². The predicted octanol–water partition coefficient (Wildman–Crippen LogP) is 1.91. The van der Waals surface area contributed by atoms with E-state index in [1.165, 1.54) is 6.07 Å². The molecule has 1 aromatic rings. The van der Waals surface area contributed by atoms with Crippen LogP contribution in [-0.4, -0.2) is 14.5 Å². The summed E-state index contributed by atoms with van der Waals surface area (Å²) in [5.74, 6) is 0. The summed E-state index contributed by atoms with van der Waals surface area (Å²) in [6.07, 6.45) is 3.02. The number of nitrogens with two attached hydrogens (primary N) is 2. The fourth-order valence-electron chi connectivity index (χ4n) is 1.86. The Morgan fingerprint density at radius 1 is 1.33 bits per heavy atom. The molecule has 0 radical (unpaired) electrons. The molecule has 0 heterocycles. The standard InChI is InChI=1S/C12H21N3O2S/c1-3-6-9(4-2)15-10-7-5-8-11(12(10)13)18(14,16)17/h5,7-9,15H,3-4,6,13H2,1-2H3,(H2,14,16,17). The zero-order valence-corrected chi connectivity index (χ0v) is 11.6. The van der Waals surface area contributed by atoms with Gasteiger partial charge >= 0.3 is 0 Å². The molecule has 6 heteroatoms. The van der Waals surface area contributed by atoms with Gasteiger partial charge in [0, 0.05) is 6.04 Å². The van der Waals surface area contributed by atoms with E-state index in [2.05, 4.69) is 19.2 Å². The van der Waals surface area contributed by atoms with Crippen LogP contribution < -0.4 is 16.2 Å². The lowest BCUT2D eigenvalue weighted by molar-refractivity contribution is 0.598. The van der Waals surface area contributed by atoms with Crippen molar-refractivity contribution < 1.29 is 8.42 Å². The van der Waals surface area contributed by atoms with E-state index in [4.69, 9.17) is 10.9 Å². The third-order valence-electron chi connectivity index (χ3n) is 2.86. The lowest BCUT2D eigenvalue weighted by atomic mass is 10.1. The topological polar surface area (TPSA) is 98.2 Å². The largest absolute Gasteiger partial charge is 0.396 e. The molecule has 0 saturated carbocycles. The highest BCUT2D eigenvalue weighted by Crippen LogP contribution is 2.27. The van der Waals surface area contributed by atoms with Gasteiger partial charge in [-0.1, -0.05) is 26.3 Å². The number of rotatable bonds is 6. The van der Waals surface area contributed by atoms with Crippen LogP contribution in [0.25, 0.3) is 0 Å². The highest BCUT2D eigenvalue weighted by Gasteiger charge is 2.16. The van der Waals surface area contributed by atoms with Crippen molar-refractivity contribution in [1.29, 1.82) is 0 Å². The van der Waals surface area contributed by atoms with Crippen LogP contribution in [0, 0.1) is 0 Å². The maximum atomic E-state index is 11.4. The zero-order chi connectivity index (χ0) is 13.8. The third-order valence-corrected chi connectivity index (χ3v) is 3.83. The smallest absolute Gasteiger partial charge is 0.240 e. The molecule has 1 atom stereocenters. The molecule has 0 spiro atoms. The van der Waals surface area contributed by atoms with Gasteiger partial charge in [-0.3, -0.25) is 0 Å². The van der Waals surface area contributed by atoms with Crippen molar-refractivity contribution in [2.45, 2.75) is 44.0 Å². The second kappa shape index (κ2) is 6.06. The molecular weight excluding hydrogens is 250 g/mol. The predicted molar refractivity (Wildman–Crippen MR) is 74.8 cm³/mol. The number of hydrogen-bond acceptors (Lipinski definition) is 4. The van der Waals surface area contributed by atoms with Crippen molar-refractivity contribution in [2.24, 2.45) is 5.14 Å². The Balaban J connectivity index is 3.04. The van der Waals surface area contributed by atoms with Crippen molar-refractivity contribution in [3.8, 4) is 0 Å². The van der Waals surface area contributed by atoms with E-state index in [1.54, 1.807) is 12.1 Å². The van der Waals surface area contributed by atoms with E-state index in [0.29, 0.717) is 5.69 Å². The van der Waals surface area contributed by atoms with Crippen molar-refractivity contribution in [3.05, 3.63) is 18.2 Å². The van der Waals surface area contributed by atoms with Crippen LogP contribution >= 0.6 is 0 Å². The monoisotopic (exact) mass is 271 g/mol. The zero-order valence-electron chi connectivity index (χ0n) is 10.8. The van der Waals surface area contributed by atoms with Gasteiger partial charge in [-0.15, -0.1) is 0 Å². The molecule has 0 aliphatic carbocycles. The van der Waals surface area contributed by atoms with Gasteiger partial charge in [-0.25, -0.2) is 13.6 Å². The van der Waals surface area contributed by atoms with Gasteiger partial charge < -0.3 is 11.1 Å². The molecule has 102 valence electrons. The number of nitrogens with one attached hydrogen (secondary N) is 1. The first kappa shape index (κ1) is 14.8. The van der Waals surface area contributed by atoms with Gasteiger partial charge in [0.1, 0.15) is 4.90 Å². The number of anilines is 2. The molecule has 5 N–H and O–H groups in total. The number of nitrogen functional groups attached to an aromatic ring is 1. The number of sulfonamides is 1. The summed E-state index contributed by atoms with van der Waals surface area (Å²) < 4.78 is 22.7. The molecule has 0 aliphatic rings. The Morgan fingerprint density at radius 3 is 2.50 bits per heavy atom. The molecule has 18 heavy (non-hydrogen) atoms. The maximum absolute atomic E-state index is 11.4. The van der Waals surface area contributed by atoms with Crippen LogP contribution in [0.2, 0.25) is 0 Å².